The lowest BCUT2D eigenvalue weighted by Crippen LogP contribution is -2.31. The lowest BCUT2D eigenvalue weighted by atomic mass is 10.1. The normalized spacial score (nSPS) is 11.2. The van der Waals surface area contributed by atoms with E-state index < -0.39 is 12.2 Å². The molecule has 3 aromatic rings. The first-order chi connectivity index (χ1) is 15.3. The molecule has 162 valence electrons. The van der Waals surface area contributed by atoms with Gasteiger partial charge in [-0.3, -0.25) is 9.36 Å². The molecule has 32 heavy (non-hydrogen) atoms. The molecule has 0 unspecified atom stereocenters. The molecule has 6 nitrogen and oxygen atoms in total. The second-order valence-corrected chi connectivity index (χ2v) is 7.76. The molecule has 0 bridgehead atoms. The van der Waals surface area contributed by atoms with E-state index in [0.717, 1.165) is 22.5 Å². The van der Waals surface area contributed by atoms with Crippen LogP contribution in [0.1, 0.15) is 16.7 Å². The van der Waals surface area contributed by atoms with Crippen LogP contribution in [0.4, 0.5) is 8.78 Å². The molecule has 0 aliphatic carbocycles. The maximum atomic E-state index is 13.3. The molecule has 9 heteroatoms. The summed E-state index contributed by atoms with van der Waals surface area (Å²) in [6.07, 6.45) is 1.54. The number of halogens is 2. The first-order valence-corrected chi connectivity index (χ1v) is 10.1. The van der Waals surface area contributed by atoms with Crippen molar-refractivity contribution in [1.29, 1.82) is 10.5 Å². The van der Waals surface area contributed by atoms with Gasteiger partial charge in [0.25, 0.3) is 5.56 Å². The quantitative estimate of drug-likeness (QED) is 0.592. The number of benzene rings is 2. The number of thiazole rings is 1. The van der Waals surface area contributed by atoms with Gasteiger partial charge in [-0.15, -0.1) is 11.3 Å². The summed E-state index contributed by atoms with van der Waals surface area (Å²) in [4.78, 5) is 13.3. The number of aryl methyl sites for hydroxylation is 2. The Bertz CT molecular complexity index is 1430. The third-order valence-electron chi connectivity index (χ3n) is 4.56. The summed E-state index contributed by atoms with van der Waals surface area (Å²) in [6.45, 7) is 0.754. The number of rotatable bonds is 5. The molecule has 0 fully saturated rings. The first-order valence-electron chi connectivity index (χ1n) is 9.27. The van der Waals surface area contributed by atoms with Gasteiger partial charge >= 0.3 is 6.61 Å². The van der Waals surface area contributed by atoms with Gasteiger partial charge in [-0.2, -0.15) is 19.3 Å². The van der Waals surface area contributed by atoms with E-state index in [2.05, 4.69) is 4.74 Å². The molecule has 0 saturated carbocycles. The molecule has 0 amide bonds. The largest absolute Gasteiger partial charge is 0.493 e. The van der Waals surface area contributed by atoms with E-state index in [4.69, 9.17) is 4.74 Å². The minimum Gasteiger partial charge on any atom is -0.493 e. The highest BCUT2D eigenvalue weighted by Crippen LogP contribution is 2.29. The number of ether oxygens (including phenoxy) is 2. The molecule has 3 rings (SSSR count). The van der Waals surface area contributed by atoms with E-state index in [-0.39, 0.29) is 26.3 Å². The molecule has 0 saturated heterocycles. The van der Waals surface area contributed by atoms with Crippen LogP contribution in [0, 0.1) is 36.5 Å². The van der Waals surface area contributed by atoms with Gasteiger partial charge in [0.2, 0.25) is 0 Å². The number of nitriles is 2. The van der Waals surface area contributed by atoms with Crippen molar-refractivity contribution >= 4 is 23.0 Å². The molecule has 0 atom stereocenters. The van der Waals surface area contributed by atoms with Crippen LogP contribution < -0.4 is 24.2 Å². The van der Waals surface area contributed by atoms with E-state index in [1.165, 1.54) is 36.0 Å². The number of hydrogen-bond donors (Lipinski definition) is 0. The van der Waals surface area contributed by atoms with Crippen molar-refractivity contribution in [2.75, 3.05) is 7.11 Å². The number of hydrogen-bond acceptors (Lipinski definition) is 6. The molecule has 0 N–H and O–H groups in total. The predicted molar refractivity (Wildman–Crippen MR) is 116 cm³/mol. The summed E-state index contributed by atoms with van der Waals surface area (Å²) in [5.74, 6) is -0.0596. The minimum absolute atomic E-state index is 0.0758. The second kappa shape index (κ2) is 9.46. The lowest BCUT2D eigenvalue weighted by molar-refractivity contribution is -0.0512. The van der Waals surface area contributed by atoms with Crippen molar-refractivity contribution < 1.29 is 18.3 Å². The van der Waals surface area contributed by atoms with E-state index in [1.54, 1.807) is 6.07 Å². The highest BCUT2D eigenvalue weighted by atomic mass is 32.1. The van der Waals surface area contributed by atoms with Crippen molar-refractivity contribution in [2.24, 2.45) is 0 Å². The topological polar surface area (TPSA) is 88.0 Å². The van der Waals surface area contributed by atoms with Gasteiger partial charge in [0.05, 0.1) is 17.3 Å². The molecule has 1 aromatic heterocycles. The van der Waals surface area contributed by atoms with Gasteiger partial charge in [-0.25, -0.2) is 0 Å². The Labute approximate surface area is 186 Å². The molecular formula is C23H17F2N3O3S. The summed E-state index contributed by atoms with van der Waals surface area (Å²) in [5, 5.41) is 18.8. The van der Waals surface area contributed by atoms with Crippen LogP contribution in [0.3, 0.4) is 0 Å². The Hall–Kier alpha value is -3.95. The third kappa shape index (κ3) is 4.53. The average molecular weight is 453 g/mol. The fourth-order valence-electron chi connectivity index (χ4n) is 3.16. The van der Waals surface area contributed by atoms with Gasteiger partial charge in [0.15, 0.2) is 17.1 Å². The number of methoxy groups -OCH3 is 1. The van der Waals surface area contributed by atoms with Crippen molar-refractivity contribution in [3.8, 4) is 29.3 Å². The molecule has 0 radical (unpaired) electrons. The van der Waals surface area contributed by atoms with E-state index in [0.29, 0.717) is 11.3 Å². The van der Waals surface area contributed by atoms with Gasteiger partial charge in [-0.1, -0.05) is 23.8 Å². The smallest absolute Gasteiger partial charge is 0.387 e. The van der Waals surface area contributed by atoms with Crippen LogP contribution in [-0.2, 0) is 0 Å². The zero-order valence-corrected chi connectivity index (χ0v) is 18.2. The Morgan fingerprint density at radius 1 is 1.12 bits per heavy atom. The predicted octanol–water partition coefficient (Wildman–Crippen LogP) is 3.15. The van der Waals surface area contributed by atoms with Gasteiger partial charge in [0.1, 0.15) is 16.8 Å². The Kier molecular flexibility index (Phi) is 6.72. The highest BCUT2D eigenvalue weighted by Gasteiger charge is 2.14. The molecule has 1 heterocycles. The Balaban J connectivity index is 2.30. The van der Waals surface area contributed by atoms with Crippen molar-refractivity contribution in [3.05, 3.63) is 72.6 Å². The standard InChI is InChI=1S/C23H17F2N3O3S/c1-13-4-6-17(14(2)8-13)28-21(29)20(32-22(28)16(11-26)12-27)10-15-5-7-18(31-23(24)25)19(9-15)30-3/h4-10,23H,1-3H3. The zero-order valence-electron chi connectivity index (χ0n) is 17.3. The lowest BCUT2D eigenvalue weighted by Gasteiger charge is -2.10. The van der Waals surface area contributed by atoms with Crippen LogP contribution in [-0.4, -0.2) is 18.3 Å². The SMILES string of the molecule is COc1cc(C=c2sc(=C(C#N)C#N)n(-c3ccc(C)cc3C)c2=O)ccc1OC(F)F. The van der Waals surface area contributed by atoms with E-state index in [9.17, 15) is 24.1 Å². The first kappa shape index (κ1) is 22.7. The van der Waals surface area contributed by atoms with Crippen LogP contribution in [0.2, 0.25) is 0 Å². The molecule has 0 aliphatic heterocycles. The fraction of sp³-hybridized carbons (Fsp3) is 0.174. The summed E-state index contributed by atoms with van der Waals surface area (Å²) in [5.41, 5.74) is 2.27. The number of alkyl halides is 2. The Morgan fingerprint density at radius 3 is 2.44 bits per heavy atom. The summed E-state index contributed by atoms with van der Waals surface area (Å²) in [6, 6.07) is 13.5. The fourth-order valence-corrected chi connectivity index (χ4v) is 4.21. The minimum atomic E-state index is -3.01. The van der Waals surface area contributed by atoms with Crippen molar-refractivity contribution in [3.63, 3.8) is 0 Å². The van der Waals surface area contributed by atoms with Crippen LogP contribution in [0.25, 0.3) is 17.3 Å². The summed E-state index contributed by atoms with van der Waals surface area (Å²) >= 11 is 0.995. The van der Waals surface area contributed by atoms with E-state index >= 15 is 0 Å². The zero-order chi connectivity index (χ0) is 23.4. The molecule has 0 aliphatic rings. The maximum absolute atomic E-state index is 13.3. The second-order valence-electron chi connectivity index (χ2n) is 6.73. The van der Waals surface area contributed by atoms with Crippen molar-refractivity contribution in [1.82, 2.24) is 4.57 Å². The van der Waals surface area contributed by atoms with Gasteiger partial charge < -0.3 is 9.47 Å². The third-order valence-corrected chi connectivity index (χ3v) is 5.65. The van der Waals surface area contributed by atoms with Crippen molar-refractivity contribution in [2.45, 2.75) is 20.5 Å². The summed E-state index contributed by atoms with van der Waals surface area (Å²) < 4.78 is 36.5. The average Bonchev–Trinajstić information content (AvgIpc) is 3.05. The molecular weight excluding hydrogens is 436 g/mol. The molecule has 2 aromatic carbocycles. The Morgan fingerprint density at radius 2 is 1.84 bits per heavy atom. The van der Waals surface area contributed by atoms with Crippen LogP contribution >= 0.6 is 11.3 Å². The highest BCUT2D eigenvalue weighted by molar-refractivity contribution is 7.07. The van der Waals surface area contributed by atoms with Gasteiger partial charge in [-0.05, 0) is 49.2 Å². The number of aromatic nitrogens is 1. The number of nitrogens with zero attached hydrogens (tertiary/aromatic N) is 3. The van der Waals surface area contributed by atoms with Gasteiger partial charge in [0, 0.05) is 0 Å². The van der Waals surface area contributed by atoms with Crippen LogP contribution in [0.15, 0.2) is 41.2 Å². The van der Waals surface area contributed by atoms with Crippen LogP contribution in [0.5, 0.6) is 11.5 Å². The molecule has 0 spiro atoms. The maximum Gasteiger partial charge on any atom is 0.387 e. The van der Waals surface area contributed by atoms with E-state index in [1.807, 2.05) is 38.1 Å². The summed E-state index contributed by atoms with van der Waals surface area (Å²) in [7, 11) is 1.31. The monoisotopic (exact) mass is 453 g/mol.